The Bertz CT molecular complexity index is 442. The lowest BCUT2D eigenvalue weighted by atomic mass is 10.3. The summed E-state index contributed by atoms with van der Waals surface area (Å²) in [7, 11) is 0. The molecule has 0 bridgehead atoms. The number of carbonyl (C=O) groups is 2. The van der Waals surface area contributed by atoms with Crippen LogP contribution in [0.15, 0.2) is 6.20 Å². The number of imide groups is 1. The van der Waals surface area contributed by atoms with Crippen molar-refractivity contribution in [2.75, 3.05) is 13.1 Å². The first kappa shape index (κ1) is 11.5. The summed E-state index contributed by atoms with van der Waals surface area (Å²) < 4.78 is 1.30. The number of carbonyl (C=O) groups excluding carboxylic acids is 2. The zero-order chi connectivity index (χ0) is 12.4. The molecule has 1 aromatic heterocycles. The minimum absolute atomic E-state index is 0.0624. The summed E-state index contributed by atoms with van der Waals surface area (Å²) in [5.41, 5.74) is 0.392. The van der Waals surface area contributed by atoms with Crippen molar-refractivity contribution in [3.63, 3.8) is 0 Å². The van der Waals surface area contributed by atoms with Gasteiger partial charge in [-0.25, -0.2) is 9.48 Å². The third kappa shape index (κ3) is 2.41. The molecule has 2 N–H and O–H groups in total. The average Bonchev–Trinajstić information content (AvgIpc) is 2.86. The van der Waals surface area contributed by atoms with E-state index >= 15 is 0 Å². The highest BCUT2D eigenvalue weighted by molar-refractivity contribution is 5.95. The second-order valence-corrected chi connectivity index (χ2v) is 3.79. The molecule has 8 nitrogen and oxygen atoms in total. The normalized spacial score (nSPS) is 17.1. The van der Waals surface area contributed by atoms with Crippen LogP contribution in [0.3, 0.4) is 0 Å². The summed E-state index contributed by atoms with van der Waals surface area (Å²) in [6.07, 6.45) is 0.755. The van der Waals surface area contributed by atoms with E-state index in [1.54, 1.807) is 6.92 Å². The number of urea groups is 1. The predicted molar refractivity (Wildman–Crippen MR) is 55.8 cm³/mol. The third-order valence-electron chi connectivity index (χ3n) is 2.44. The predicted octanol–water partition coefficient (Wildman–Crippen LogP) is -1.12. The van der Waals surface area contributed by atoms with Gasteiger partial charge in [0.1, 0.15) is 12.2 Å². The quantitative estimate of drug-likeness (QED) is 0.696. The number of nitrogens with one attached hydrogen (secondary N) is 1. The number of nitrogens with zero attached hydrogens (tertiary/aromatic N) is 4. The summed E-state index contributed by atoms with van der Waals surface area (Å²) in [6, 6.07) is -0.383. The summed E-state index contributed by atoms with van der Waals surface area (Å²) in [5.74, 6) is -0.345. The number of hydrogen-bond donors (Lipinski definition) is 2. The van der Waals surface area contributed by atoms with Crippen molar-refractivity contribution >= 4 is 11.9 Å². The van der Waals surface area contributed by atoms with Crippen LogP contribution in [-0.4, -0.2) is 50.0 Å². The van der Waals surface area contributed by atoms with Crippen molar-refractivity contribution in [1.29, 1.82) is 0 Å². The fourth-order valence-corrected chi connectivity index (χ4v) is 1.52. The molecule has 1 saturated heterocycles. The Labute approximate surface area is 97.2 Å². The van der Waals surface area contributed by atoms with Crippen LogP contribution in [-0.2, 0) is 11.3 Å². The van der Waals surface area contributed by atoms with Crippen LogP contribution in [0.25, 0.3) is 0 Å². The molecule has 2 rings (SSSR count). The second-order valence-electron chi connectivity index (χ2n) is 3.79. The number of aliphatic hydroxyl groups excluding tert-OH is 1. The number of hydrogen-bond acceptors (Lipinski definition) is 5. The number of amides is 3. The molecule has 0 aromatic carbocycles. The molecule has 2 heterocycles. The van der Waals surface area contributed by atoms with Crippen LogP contribution in [0.5, 0.6) is 0 Å². The SMILES string of the molecule is CC(O)c1cn(CC(=O)N2CCNC2=O)nn1. The first-order valence-corrected chi connectivity index (χ1v) is 5.24. The van der Waals surface area contributed by atoms with Crippen LogP contribution >= 0.6 is 0 Å². The molecule has 0 spiro atoms. The van der Waals surface area contributed by atoms with Gasteiger partial charge < -0.3 is 10.4 Å². The molecular formula is C9H13N5O3. The van der Waals surface area contributed by atoms with Crippen LogP contribution in [0.4, 0.5) is 4.79 Å². The molecule has 0 radical (unpaired) electrons. The van der Waals surface area contributed by atoms with Gasteiger partial charge in [0, 0.05) is 13.1 Å². The van der Waals surface area contributed by atoms with E-state index < -0.39 is 6.10 Å². The zero-order valence-corrected chi connectivity index (χ0v) is 9.33. The van der Waals surface area contributed by atoms with Crippen molar-refractivity contribution in [2.45, 2.75) is 19.6 Å². The topological polar surface area (TPSA) is 100 Å². The zero-order valence-electron chi connectivity index (χ0n) is 9.33. The van der Waals surface area contributed by atoms with E-state index in [0.717, 1.165) is 4.90 Å². The van der Waals surface area contributed by atoms with Crippen molar-refractivity contribution in [3.8, 4) is 0 Å². The monoisotopic (exact) mass is 239 g/mol. The Morgan fingerprint density at radius 1 is 1.71 bits per heavy atom. The van der Waals surface area contributed by atoms with Crippen molar-refractivity contribution < 1.29 is 14.7 Å². The molecule has 92 valence electrons. The van der Waals surface area contributed by atoms with Crippen molar-refractivity contribution in [3.05, 3.63) is 11.9 Å². The van der Waals surface area contributed by atoms with Crippen LogP contribution in [0, 0.1) is 0 Å². The smallest absolute Gasteiger partial charge is 0.324 e. The van der Waals surface area contributed by atoms with Gasteiger partial charge in [-0.2, -0.15) is 0 Å². The summed E-state index contributed by atoms with van der Waals surface area (Å²) in [6.45, 7) is 2.34. The van der Waals surface area contributed by atoms with E-state index in [2.05, 4.69) is 15.6 Å². The molecular weight excluding hydrogens is 226 g/mol. The molecule has 3 amide bonds. The van der Waals surface area contributed by atoms with Crippen LogP contribution in [0.2, 0.25) is 0 Å². The Morgan fingerprint density at radius 2 is 2.47 bits per heavy atom. The standard InChI is InChI=1S/C9H13N5O3/c1-6(15)7-4-13(12-11-7)5-8(16)14-3-2-10-9(14)17/h4,6,15H,2-3,5H2,1H3,(H,10,17). The third-order valence-corrected chi connectivity index (χ3v) is 2.44. The summed E-state index contributed by atoms with van der Waals surface area (Å²) in [4.78, 5) is 24.1. The maximum absolute atomic E-state index is 11.7. The van der Waals surface area contributed by atoms with E-state index in [0.29, 0.717) is 18.8 Å². The van der Waals surface area contributed by atoms with Gasteiger partial charge in [0.2, 0.25) is 0 Å². The van der Waals surface area contributed by atoms with Gasteiger partial charge in [-0.3, -0.25) is 9.69 Å². The Hall–Kier alpha value is -1.96. The van der Waals surface area contributed by atoms with E-state index in [9.17, 15) is 14.7 Å². The van der Waals surface area contributed by atoms with Gasteiger partial charge >= 0.3 is 6.03 Å². The highest BCUT2D eigenvalue weighted by atomic mass is 16.3. The fourth-order valence-electron chi connectivity index (χ4n) is 1.52. The lowest BCUT2D eigenvalue weighted by Gasteiger charge is -2.11. The fraction of sp³-hybridized carbons (Fsp3) is 0.556. The van der Waals surface area contributed by atoms with E-state index in [1.165, 1.54) is 10.9 Å². The van der Waals surface area contributed by atoms with Gasteiger partial charge in [-0.15, -0.1) is 5.10 Å². The summed E-state index contributed by atoms with van der Waals surface area (Å²) in [5, 5.41) is 19.2. The Balaban J connectivity index is 2.00. The average molecular weight is 239 g/mol. The van der Waals surface area contributed by atoms with E-state index in [-0.39, 0.29) is 18.5 Å². The van der Waals surface area contributed by atoms with Crippen LogP contribution < -0.4 is 5.32 Å². The number of aromatic nitrogens is 3. The molecule has 1 unspecified atom stereocenters. The highest BCUT2D eigenvalue weighted by Gasteiger charge is 2.26. The molecule has 1 atom stereocenters. The largest absolute Gasteiger partial charge is 0.387 e. The van der Waals surface area contributed by atoms with Crippen molar-refractivity contribution in [1.82, 2.24) is 25.2 Å². The number of aliphatic hydroxyl groups is 1. The molecule has 1 aliphatic rings. The van der Waals surface area contributed by atoms with E-state index in [4.69, 9.17) is 0 Å². The number of rotatable bonds is 3. The van der Waals surface area contributed by atoms with Gasteiger partial charge in [0.05, 0.1) is 12.3 Å². The molecule has 1 fully saturated rings. The Kier molecular flexibility index (Phi) is 3.05. The lowest BCUT2D eigenvalue weighted by molar-refractivity contribution is -0.128. The molecule has 0 saturated carbocycles. The molecule has 17 heavy (non-hydrogen) atoms. The molecule has 0 aliphatic carbocycles. The first-order valence-electron chi connectivity index (χ1n) is 5.24. The van der Waals surface area contributed by atoms with Crippen LogP contribution in [0.1, 0.15) is 18.7 Å². The van der Waals surface area contributed by atoms with E-state index in [1.807, 2.05) is 0 Å². The lowest BCUT2D eigenvalue weighted by Crippen LogP contribution is -2.36. The maximum Gasteiger partial charge on any atom is 0.324 e. The maximum atomic E-state index is 11.7. The van der Waals surface area contributed by atoms with Gasteiger partial charge in [-0.1, -0.05) is 5.21 Å². The first-order chi connectivity index (χ1) is 8.08. The minimum atomic E-state index is -0.728. The Morgan fingerprint density at radius 3 is 3.00 bits per heavy atom. The second kappa shape index (κ2) is 4.50. The highest BCUT2D eigenvalue weighted by Crippen LogP contribution is 2.07. The van der Waals surface area contributed by atoms with Gasteiger partial charge in [-0.05, 0) is 6.92 Å². The minimum Gasteiger partial charge on any atom is -0.387 e. The van der Waals surface area contributed by atoms with Crippen molar-refractivity contribution in [2.24, 2.45) is 0 Å². The summed E-state index contributed by atoms with van der Waals surface area (Å²) >= 11 is 0. The van der Waals surface area contributed by atoms with Gasteiger partial charge in [0.25, 0.3) is 5.91 Å². The van der Waals surface area contributed by atoms with Gasteiger partial charge in [0.15, 0.2) is 0 Å². The molecule has 1 aromatic rings. The molecule has 8 heteroatoms. The molecule has 1 aliphatic heterocycles.